The molecule has 0 fully saturated rings. The summed E-state index contributed by atoms with van der Waals surface area (Å²) in [5, 5.41) is 2.96. The first-order valence-electron chi connectivity index (χ1n) is 6.60. The number of rotatable bonds is 4. The van der Waals surface area contributed by atoms with E-state index in [1.54, 1.807) is 24.3 Å². The van der Waals surface area contributed by atoms with E-state index in [4.69, 9.17) is 0 Å². The van der Waals surface area contributed by atoms with Crippen LogP contribution in [-0.2, 0) is 6.18 Å². The second kappa shape index (κ2) is 6.16. The molecule has 0 saturated heterocycles. The number of anilines is 1. The van der Waals surface area contributed by atoms with Crippen molar-refractivity contribution in [3.05, 3.63) is 65.5 Å². The van der Waals surface area contributed by atoms with Gasteiger partial charge in [0, 0.05) is 11.3 Å². The molecule has 112 valence electrons. The maximum absolute atomic E-state index is 13.8. The standard InChI is InChI=1S/C16H15F4N/c1-2-15(13-8-3-4-9-14(13)17)21-12-7-5-6-11(10-12)16(18,19)20/h3-10,15,21H,2H2,1H3. The van der Waals surface area contributed by atoms with E-state index in [1.165, 1.54) is 12.1 Å². The van der Waals surface area contributed by atoms with E-state index in [-0.39, 0.29) is 11.9 Å². The summed E-state index contributed by atoms with van der Waals surface area (Å²) in [6, 6.07) is 10.8. The van der Waals surface area contributed by atoms with Crippen molar-refractivity contribution < 1.29 is 17.6 Å². The Kier molecular flexibility index (Phi) is 4.50. The molecule has 1 atom stereocenters. The van der Waals surface area contributed by atoms with E-state index in [2.05, 4.69) is 5.32 Å². The van der Waals surface area contributed by atoms with Gasteiger partial charge in [-0.2, -0.15) is 13.2 Å². The highest BCUT2D eigenvalue weighted by Gasteiger charge is 2.30. The van der Waals surface area contributed by atoms with E-state index >= 15 is 0 Å². The van der Waals surface area contributed by atoms with Crippen molar-refractivity contribution >= 4 is 5.69 Å². The lowest BCUT2D eigenvalue weighted by molar-refractivity contribution is -0.137. The Balaban J connectivity index is 2.26. The molecule has 0 amide bonds. The summed E-state index contributed by atoms with van der Waals surface area (Å²) < 4.78 is 51.8. The smallest absolute Gasteiger partial charge is 0.378 e. The molecule has 0 aliphatic rings. The lowest BCUT2D eigenvalue weighted by atomic mass is 10.0. The van der Waals surface area contributed by atoms with Crippen LogP contribution in [0.4, 0.5) is 23.2 Å². The molecule has 0 aliphatic carbocycles. The molecule has 0 radical (unpaired) electrons. The molecule has 0 aliphatic heterocycles. The Morgan fingerprint density at radius 3 is 2.38 bits per heavy atom. The minimum Gasteiger partial charge on any atom is -0.378 e. The molecule has 1 unspecified atom stereocenters. The van der Waals surface area contributed by atoms with Crippen LogP contribution < -0.4 is 5.32 Å². The van der Waals surface area contributed by atoms with E-state index in [1.807, 2.05) is 6.92 Å². The van der Waals surface area contributed by atoms with E-state index in [0.717, 1.165) is 12.1 Å². The van der Waals surface area contributed by atoms with Crippen LogP contribution in [0.3, 0.4) is 0 Å². The summed E-state index contributed by atoms with van der Waals surface area (Å²) in [5.41, 5.74) is 0.0354. The number of hydrogen-bond donors (Lipinski definition) is 1. The summed E-state index contributed by atoms with van der Waals surface area (Å²) in [7, 11) is 0. The van der Waals surface area contributed by atoms with Gasteiger partial charge in [0.2, 0.25) is 0 Å². The number of nitrogens with one attached hydrogen (secondary N) is 1. The van der Waals surface area contributed by atoms with Crippen molar-refractivity contribution in [2.45, 2.75) is 25.6 Å². The first-order chi connectivity index (χ1) is 9.91. The summed E-state index contributed by atoms with van der Waals surface area (Å²) >= 11 is 0. The molecule has 0 saturated carbocycles. The largest absolute Gasteiger partial charge is 0.416 e. The monoisotopic (exact) mass is 297 g/mol. The number of halogens is 4. The average Bonchev–Trinajstić information content (AvgIpc) is 2.45. The molecular formula is C16H15F4N. The maximum Gasteiger partial charge on any atom is 0.416 e. The molecule has 5 heteroatoms. The second-order valence-corrected chi connectivity index (χ2v) is 4.71. The number of benzene rings is 2. The molecule has 0 aromatic heterocycles. The first kappa shape index (κ1) is 15.4. The quantitative estimate of drug-likeness (QED) is 0.744. The number of alkyl halides is 3. The molecule has 2 aromatic carbocycles. The number of hydrogen-bond acceptors (Lipinski definition) is 1. The fourth-order valence-corrected chi connectivity index (χ4v) is 2.14. The Morgan fingerprint density at radius 2 is 1.76 bits per heavy atom. The third kappa shape index (κ3) is 3.74. The lowest BCUT2D eigenvalue weighted by Gasteiger charge is -2.20. The molecule has 0 bridgehead atoms. The minimum atomic E-state index is -4.39. The third-order valence-electron chi connectivity index (χ3n) is 3.22. The Bertz CT molecular complexity index is 607. The predicted octanol–water partition coefficient (Wildman–Crippen LogP) is 5.41. The van der Waals surface area contributed by atoms with Gasteiger partial charge in [-0.3, -0.25) is 0 Å². The van der Waals surface area contributed by atoms with Crippen LogP contribution in [0.2, 0.25) is 0 Å². The molecule has 1 nitrogen and oxygen atoms in total. The van der Waals surface area contributed by atoms with E-state index < -0.39 is 11.7 Å². The van der Waals surface area contributed by atoms with Crippen molar-refractivity contribution in [1.82, 2.24) is 0 Å². The highest BCUT2D eigenvalue weighted by molar-refractivity contribution is 5.48. The zero-order valence-corrected chi connectivity index (χ0v) is 11.4. The van der Waals surface area contributed by atoms with Crippen LogP contribution >= 0.6 is 0 Å². The third-order valence-corrected chi connectivity index (χ3v) is 3.22. The zero-order chi connectivity index (χ0) is 15.5. The molecular weight excluding hydrogens is 282 g/mol. The molecule has 2 aromatic rings. The van der Waals surface area contributed by atoms with Crippen LogP contribution in [-0.4, -0.2) is 0 Å². The van der Waals surface area contributed by atoms with Gasteiger partial charge in [-0.1, -0.05) is 31.2 Å². The summed E-state index contributed by atoms with van der Waals surface area (Å²) in [4.78, 5) is 0. The van der Waals surface area contributed by atoms with Crippen molar-refractivity contribution in [2.24, 2.45) is 0 Å². The highest BCUT2D eigenvalue weighted by atomic mass is 19.4. The minimum absolute atomic E-state index is 0.319. The van der Waals surface area contributed by atoms with Crippen molar-refractivity contribution in [2.75, 3.05) is 5.32 Å². The Labute approximate surface area is 120 Å². The van der Waals surface area contributed by atoms with Crippen LogP contribution in [0.15, 0.2) is 48.5 Å². The van der Waals surface area contributed by atoms with Gasteiger partial charge in [-0.25, -0.2) is 4.39 Å². The summed E-state index contributed by atoms with van der Waals surface area (Å²) in [5.74, 6) is -0.371. The van der Waals surface area contributed by atoms with Gasteiger partial charge in [0.1, 0.15) is 5.82 Å². The van der Waals surface area contributed by atoms with Gasteiger partial charge in [0.15, 0.2) is 0 Å². The van der Waals surface area contributed by atoms with Gasteiger partial charge in [-0.05, 0) is 30.7 Å². The molecule has 21 heavy (non-hydrogen) atoms. The van der Waals surface area contributed by atoms with Crippen molar-refractivity contribution in [3.63, 3.8) is 0 Å². The molecule has 2 rings (SSSR count). The lowest BCUT2D eigenvalue weighted by Crippen LogP contribution is -2.12. The van der Waals surface area contributed by atoms with Crippen LogP contribution in [0.5, 0.6) is 0 Å². The van der Waals surface area contributed by atoms with Gasteiger partial charge < -0.3 is 5.32 Å². The van der Waals surface area contributed by atoms with Crippen LogP contribution in [0.25, 0.3) is 0 Å². The molecule has 1 N–H and O–H groups in total. The van der Waals surface area contributed by atoms with Gasteiger partial charge in [0.05, 0.1) is 11.6 Å². The zero-order valence-electron chi connectivity index (χ0n) is 11.4. The first-order valence-corrected chi connectivity index (χ1v) is 6.60. The van der Waals surface area contributed by atoms with E-state index in [9.17, 15) is 17.6 Å². The summed E-state index contributed by atoms with van der Waals surface area (Å²) in [6.45, 7) is 1.84. The SMILES string of the molecule is CCC(Nc1cccc(C(F)(F)F)c1)c1ccccc1F. The topological polar surface area (TPSA) is 12.0 Å². The van der Waals surface area contributed by atoms with Gasteiger partial charge in [-0.15, -0.1) is 0 Å². The van der Waals surface area contributed by atoms with Gasteiger partial charge >= 0.3 is 6.18 Å². The van der Waals surface area contributed by atoms with Crippen LogP contribution in [0.1, 0.15) is 30.5 Å². The molecule has 0 heterocycles. The fraction of sp³-hybridized carbons (Fsp3) is 0.250. The highest BCUT2D eigenvalue weighted by Crippen LogP contribution is 2.32. The van der Waals surface area contributed by atoms with Crippen LogP contribution in [0, 0.1) is 5.82 Å². The van der Waals surface area contributed by atoms with Gasteiger partial charge in [0.25, 0.3) is 0 Å². The average molecular weight is 297 g/mol. The Morgan fingerprint density at radius 1 is 1.05 bits per heavy atom. The second-order valence-electron chi connectivity index (χ2n) is 4.71. The molecule has 0 spiro atoms. The van der Waals surface area contributed by atoms with Crippen molar-refractivity contribution in [1.29, 1.82) is 0 Å². The fourth-order valence-electron chi connectivity index (χ4n) is 2.14. The predicted molar refractivity (Wildman–Crippen MR) is 74.5 cm³/mol. The van der Waals surface area contributed by atoms with E-state index in [0.29, 0.717) is 17.7 Å². The van der Waals surface area contributed by atoms with Crippen molar-refractivity contribution in [3.8, 4) is 0 Å². The Hall–Kier alpha value is -2.04. The maximum atomic E-state index is 13.8. The summed E-state index contributed by atoms with van der Waals surface area (Å²) in [6.07, 6.45) is -3.84. The normalized spacial score (nSPS) is 13.0.